The number of ether oxygens (including phenoxy) is 12. The lowest BCUT2D eigenvalue weighted by molar-refractivity contribution is 0.0175. The van der Waals surface area contributed by atoms with Crippen LogP contribution in [-0.4, -0.2) is 187 Å². The van der Waals surface area contributed by atoms with Crippen molar-refractivity contribution in [1.82, 2.24) is 19.6 Å². The van der Waals surface area contributed by atoms with Gasteiger partial charge in [-0.05, 0) is 196 Å². The van der Waals surface area contributed by atoms with E-state index in [0.29, 0.717) is 97.4 Å². The van der Waals surface area contributed by atoms with E-state index < -0.39 is 36.7 Å². The highest BCUT2D eigenvalue weighted by atomic mass is 32.1. The number of anilines is 2. The Morgan fingerprint density at radius 2 is 0.703 bits per heavy atom. The summed E-state index contributed by atoms with van der Waals surface area (Å²) in [6, 6.07) is 35.8. The molecule has 0 spiro atoms. The van der Waals surface area contributed by atoms with Gasteiger partial charge in [0.05, 0.1) is 97.6 Å². The average molecular weight is 1800 g/mol. The molecule has 0 fully saturated rings. The normalized spacial score (nSPS) is 18.9. The van der Waals surface area contributed by atoms with E-state index in [0.717, 1.165) is 44.5 Å². The first-order valence-electron chi connectivity index (χ1n) is 41.5. The number of thiophene rings is 4. The van der Waals surface area contributed by atoms with Crippen LogP contribution in [-0.2, 0) is 45.4 Å². The van der Waals surface area contributed by atoms with Crippen molar-refractivity contribution in [1.29, 1.82) is 0 Å². The Bertz CT molecular complexity index is 5720. The van der Waals surface area contributed by atoms with Crippen LogP contribution in [0.2, 0.25) is 0 Å². The molecule has 8 aliphatic rings. The van der Waals surface area contributed by atoms with E-state index in [-0.39, 0.29) is 121 Å². The van der Waals surface area contributed by atoms with Crippen LogP contribution >= 0.6 is 45.3 Å². The predicted octanol–water partition coefficient (Wildman–Crippen LogP) is 18.8. The van der Waals surface area contributed by atoms with E-state index in [2.05, 4.69) is 69.7 Å². The molecule has 12 heterocycles. The highest BCUT2D eigenvalue weighted by molar-refractivity contribution is 7.08. The van der Waals surface area contributed by atoms with E-state index in [9.17, 15) is 28.8 Å². The van der Waals surface area contributed by atoms with Gasteiger partial charge in [0.15, 0.2) is 58.5 Å². The Morgan fingerprint density at radius 1 is 0.391 bits per heavy atom. The van der Waals surface area contributed by atoms with Gasteiger partial charge in [-0.1, -0.05) is 86.0 Å². The van der Waals surface area contributed by atoms with E-state index in [1.54, 1.807) is 118 Å². The first-order chi connectivity index (χ1) is 62.5. The maximum atomic E-state index is 14.5. The van der Waals surface area contributed by atoms with Crippen molar-refractivity contribution in [3.05, 3.63) is 281 Å². The van der Waals surface area contributed by atoms with Gasteiger partial charge in [-0.25, -0.2) is 19.4 Å². The van der Waals surface area contributed by atoms with E-state index >= 15 is 0 Å². The molecule has 0 N–H and O–H groups in total. The van der Waals surface area contributed by atoms with Crippen LogP contribution in [0.15, 0.2) is 224 Å². The second kappa shape index (κ2) is 38.9. The minimum absolute atomic E-state index is 0.0549. The second-order valence-corrected chi connectivity index (χ2v) is 34.2. The molecule has 128 heavy (non-hydrogen) atoms. The molecule has 0 bridgehead atoms. The van der Waals surface area contributed by atoms with Crippen LogP contribution in [0.5, 0.6) is 46.0 Å². The summed E-state index contributed by atoms with van der Waals surface area (Å²) < 4.78 is 71.9. The number of carbonyl (C=O) groups excluding carboxylic acids is 6. The van der Waals surface area contributed by atoms with Gasteiger partial charge in [-0.15, -0.1) is 0 Å². The van der Waals surface area contributed by atoms with Crippen molar-refractivity contribution < 1.29 is 85.6 Å². The highest BCUT2D eigenvalue weighted by Gasteiger charge is 2.49. The van der Waals surface area contributed by atoms with Gasteiger partial charge in [0.25, 0.3) is 23.6 Å². The van der Waals surface area contributed by atoms with Crippen LogP contribution in [0, 0.1) is 0 Å². The van der Waals surface area contributed by atoms with Crippen molar-refractivity contribution in [2.75, 3.05) is 91.9 Å². The number of nitrogens with zero attached hydrogens (tertiary/aromatic N) is 8. The summed E-state index contributed by atoms with van der Waals surface area (Å²) in [5.74, 6) is 2.24. The number of benzene rings is 6. The number of carbonyl (C=O) groups is 6. The lowest BCUT2D eigenvalue weighted by atomic mass is 9.94. The van der Waals surface area contributed by atoms with Gasteiger partial charge >= 0.3 is 12.2 Å². The zero-order chi connectivity index (χ0) is 88.6. The summed E-state index contributed by atoms with van der Waals surface area (Å²) in [7, 11) is 9.11. The largest absolute Gasteiger partial charge is 0.493 e. The van der Waals surface area contributed by atoms with Crippen molar-refractivity contribution in [2.24, 2.45) is 9.98 Å². The third kappa shape index (κ3) is 17.8. The summed E-state index contributed by atoms with van der Waals surface area (Å²) in [5, 5.41) is 16.5. The lowest BCUT2D eigenvalue weighted by Gasteiger charge is -2.40. The molecule has 18 rings (SSSR count). The minimum atomic E-state index is -0.925. The number of methoxy groups -OCH3 is 6. The third-order valence-corrected chi connectivity index (χ3v) is 26.4. The minimum Gasteiger partial charge on any atom is -0.493 e. The quantitative estimate of drug-likeness (QED) is 0.0456. The fraction of sp³-hybridized carbons (Fsp3) is 0.265. The summed E-state index contributed by atoms with van der Waals surface area (Å²) in [4.78, 5) is 104. The zero-order valence-electron chi connectivity index (χ0n) is 71.1. The number of fused-ring (bicyclic) bond motifs is 8. The smallest absolute Gasteiger partial charge is 0.416 e. The van der Waals surface area contributed by atoms with Gasteiger partial charge in [0.1, 0.15) is 39.6 Å². The van der Waals surface area contributed by atoms with Crippen molar-refractivity contribution >= 4 is 139 Å². The zero-order valence-corrected chi connectivity index (χ0v) is 74.4. The molecule has 30 heteroatoms. The molecule has 0 aliphatic carbocycles. The summed E-state index contributed by atoms with van der Waals surface area (Å²) in [5.41, 5.74) is 15.4. The number of aliphatic imine (C=N–C) groups is 2. The molecule has 10 aromatic rings. The highest BCUT2D eigenvalue weighted by Crippen LogP contribution is 2.48. The molecule has 656 valence electrons. The monoisotopic (exact) mass is 1800 g/mol. The molecule has 0 unspecified atom stereocenters. The standard InChI is InChI=1S/C54H54N4O12S2.C44H38N4O6S2/c1-7-18-67-53(61)57-41-27-47(45(63-3)25-39(41)49(59)55-16-12-35(37-14-20-71-31-37)23-43(55)51(57)65-5)69-29-33-10-9-11-34(22-33)30-70-48-28-42-40(26-46(48)64-4)50(60)56-17-13-36(38-15-21-72-32-38)24-44(56)52(66-6)58(42)54(62)68-19-8-2;1-51-39-17-35-37(45-21-33-15-29(31-8-12-55-25-31)6-10-47(33)43(35)49)19-41(39)53-23-27-4-3-5-28(14-27)24-54-42-20-38-36(18-40(42)52-2)44(50)48-11-7-30(16-34(48)22-46-38)32-9-13-56-26-32/h7-15,20-22,25-28,31-32,43-44,51-52H,1-2,16-19,23-24,29-30H2,3-6H3;3-9,12-14,17-22,25-26,33-34H,10-11,15-16,23-24H2,1-2H3/t43-,44-,51-,52-;33-,34-/m00/s1. The number of rotatable bonds is 26. The van der Waals surface area contributed by atoms with Gasteiger partial charge in [0, 0.05) is 77.1 Å². The van der Waals surface area contributed by atoms with E-state index in [4.69, 9.17) is 66.8 Å². The molecule has 0 radical (unpaired) electrons. The molecule has 6 atom stereocenters. The van der Waals surface area contributed by atoms with Crippen LogP contribution in [0.3, 0.4) is 0 Å². The van der Waals surface area contributed by atoms with Crippen LogP contribution in [0.25, 0.3) is 22.3 Å². The fourth-order valence-corrected chi connectivity index (χ4v) is 20.0. The first kappa shape index (κ1) is 86.7. The molecule has 0 saturated carbocycles. The number of hydrogen-bond acceptors (Lipinski definition) is 24. The van der Waals surface area contributed by atoms with Crippen LogP contribution in [0.1, 0.15) is 112 Å². The average Bonchev–Trinajstić information content (AvgIpc) is 1.60. The number of amides is 6. The third-order valence-electron chi connectivity index (χ3n) is 23.7. The molecule has 26 nitrogen and oxygen atoms in total. The number of hydrogen-bond donors (Lipinski definition) is 0. The molecule has 6 amide bonds. The summed E-state index contributed by atoms with van der Waals surface area (Å²) in [6.45, 7) is 9.54. The fourth-order valence-electron chi connectivity index (χ4n) is 17.2. The van der Waals surface area contributed by atoms with Crippen LogP contribution < -0.4 is 47.7 Å². The Kier molecular flexibility index (Phi) is 26.3. The lowest BCUT2D eigenvalue weighted by Crippen LogP contribution is -2.55. The van der Waals surface area contributed by atoms with Gasteiger partial charge in [-0.2, -0.15) is 45.3 Å². The Balaban J connectivity index is 0.000000185. The van der Waals surface area contributed by atoms with Crippen molar-refractivity contribution in [2.45, 2.75) is 88.7 Å². The first-order valence-corrected chi connectivity index (χ1v) is 45.3. The summed E-state index contributed by atoms with van der Waals surface area (Å²) >= 11 is 6.50. The predicted molar refractivity (Wildman–Crippen MR) is 495 cm³/mol. The van der Waals surface area contributed by atoms with Crippen molar-refractivity contribution in [3.8, 4) is 46.0 Å². The Labute approximate surface area is 756 Å². The van der Waals surface area contributed by atoms with Crippen LogP contribution in [0.4, 0.5) is 32.3 Å². The topological polar surface area (TPSA) is 257 Å². The van der Waals surface area contributed by atoms with E-state index in [1.807, 2.05) is 106 Å². The van der Waals surface area contributed by atoms with Crippen molar-refractivity contribution in [3.63, 3.8) is 0 Å². The van der Waals surface area contributed by atoms with Gasteiger partial charge in [0.2, 0.25) is 0 Å². The molecular weight excluding hydrogens is 1710 g/mol. The molecule has 8 aliphatic heterocycles. The maximum absolute atomic E-state index is 14.5. The van der Waals surface area contributed by atoms with Gasteiger partial charge in [-0.3, -0.25) is 29.2 Å². The molecule has 6 aromatic carbocycles. The second-order valence-electron chi connectivity index (χ2n) is 31.0. The Morgan fingerprint density at radius 3 is 1.02 bits per heavy atom. The molecular formula is C98H92N8O18S4. The van der Waals surface area contributed by atoms with Gasteiger partial charge < -0.3 is 76.4 Å². The summed E-state index contributed by atoms with van der Waals surface area (Å²) in [6.07, 6.45) is 14.0. The Hall–Kier alpha value is -13.4. The van der Waals surface area contributed by atoms with E-state index in [1.165, 1.54) is 72.7 Å². The molecule has 4 aromatic heterocycles. The molecule has 0 saturated heterocycles. The maximum Gasteiger partial charge on any atom is 0.416 e. The SMILES string of the molecule is C=CCOC(=O)N1c2cc(OCc3cccc(COc4cc5c(cc4OC)C(=O)N4CC=C(c6ccsc6)C[C@H]4[C@H](OC)N5C(=O)OCC=C)c3)c(OC)cc2C(=O)N2CC=C(c3ccsc3)C[C@H]2[C@@H]1OC.COc1cc2c(cc1OCc1cccc(COc3cc4c(cc3OC)C(=O)N3CC=C(c5ccsc5)C[C@H]3C=N4)c1)N=C[C@@H]1CC(c3ccsc3)=CCN1C2=O.